The van der Waals surface area contributed by atoms with E-state index in [-0.39, 0.29) is 5.02 Å². The minimum absolute atomic E-state index is 0.222. The second kappa shape index (κ2) is 5.06. The van der Waals surface area contributed by atoms with Crippen LogP contribution in [0.3, 0.4) is 0 Å². The molecule has 0 bridgehead atoms. The van der Waals surface area contributed by atoms with E-state index in [1.165, 1.54) is 12.3 Å². The Morgan fingerprint density at radius 2 is 2.37 bits per heavy atom. The SMILES string of the molecule is CC1(C(=O)O)CCCCN1c1nccc(C#N)c1Cl. The predicted octanol–water partition coefficient (Wildman–Crippen LogP) is 2.44. The van der Waals surface area contributed by atoms with Gasteiger partial charge >= 0.3 is 5.97 Å². The largest absolute Gasteiger partial charge is 0.480 e. The summed E-state index contributed by atoms with van der Waals surface area (Å²) in [7, 11) is 0. The number of carbonyl (C=O) groups is 1. The van der Waals surface area contributed by atoms with Gasteiger partial charge in [-0.1, -0.05) is 11.6 Å². The molecular weight excluding hydrogens is 266 g/mol. The number of nitrogens with zero attached hydrogens (tertiary/aromatic N) is 3. The Labute approximate surface area is 116 Å². The highest BCUT2D eigenvalue weighted by molar-refractivity contribution is 6.34. The van der Waals surface area contributed by atoms with Gasteiger partial charge in [0.1, 0.15) is 22.4 Å². The van der Waals surface area contributed by atoms with Gasteiger partial charge in [-0.25, -0.2) is 9.78 Å². The number of carboxylic acid groups (broad SMARTS) is 1. The number of pyridine rings is 1. The second-order valence-corrected chi connectivity index (χ2v) is 5.17. The zero-order valence-corrected chi connectivity index (χ0v) is 11.3. The van der Waals surface area contributed by atoms with Crippen LogP contribution in [0, 0.1) is 11.3 Å². The van der Waals surface area contributed by atoms with Crippen molar-refractivity contribution in [2.24, 2.45) is 0 Å². The first-order valence-corrected chi connectivity index (χ1v) is 6.44. The zero-order valence-electron chi connectivity index (χ0n) is 10.6. The second-order valence-electron chi connectivity index (χ2n) is 4.80. The van der Waals surface area contributed by atoms with E-state index in [1.54, 1.807) is 11.8 Å². The van der Waals surface area contributed by atoms with Crippen LogP contribution in [0.25, 0.3) is 0 Å². The Morgan fingerprint density at radius 3 is 3.00 bits per heavy atom. The molecule has 0 radical (unpaired) electrons. The van der Waals surface area contributed by atoms with Gasteiger partial charge in [-0.05, 0) is 32.3 Å². The molecule has 0 aliphatic carbocycles. The third-order valence-corrected chi connectivity index (χ3v) is 3.97. The van der Waals surface area contributed by atoms with E-state index in [2.05, 4.69) is 4.98 Å². The molecule has 0 spiro atoms. The lowest BCUT2D eigenvalue weighted by Crippen LogP contribution is -2.55. The molecule has 2 heterocycles. The molecule has 1 aliphatic rings. The first kappa shape index (κ1) is 13.6. The smallest absolute Gasteiger partial charge is 0.329 e. The number of aromatic nitrogens is 1. The summed E-state index contributed by atoms with van der Waals surface area (Å²) < 4.78 is 0. The number of hydrogen-bond acceptors (Lipinski definition) is 4. The van der Waals surface area contributed by atoms with Gasteiger partial charge < -0.3 is 10.0 Å². The first-order valence-electron chi connectivity index (χ1n) is 6.06. The topological polar surface area (TPSA) is 77.2 Å². The molecule has 19 heavy (non-hydrogen) atoms. The number of piperidine rings is 1. The van der Waals surface area contributed by atoms with Crippen molar-refractivity contribution in [2.75, 3.05) is 11.4 Å². The Morgan fingerprint density at radius 1 is 1.63 bits per heavy atom. The summed E-state index contributed by atoms with van der Waals surface area (Å²) in [6, 6.07) is 3.51. The molecule has 0 saturated carbocycles. The van der Waals surface area contributed by atoms with E-state index in [9.17, 15) is 9.90 Å². The summed E-state index contributed by atoms with van der Waals surface area (Å²) in [5, 5.41) is 18.7. The molecule has 6 heteroatoms. The number of rotatable bonds is 2. The van der Waals surface area contributed by atoms with E-state index >= 15 is 0 Å². The summed E-state index contributed by atoms with van der Waals surface area (Å²) in [4.78, 5) is 17.4. The summed E-state index contributed by atoms with van der Waals surface area (Å²) in [6.07, 6.45) is 3.76. The molecule has 5 nitrogen and oxygen atoms in total. The van der Waals surface area contributed by atoms with Crippen LogP contribution < -0.4 is 4.90 Å². The first-order chi connectivity index (χ1) is 9.00. The van der Waals surface area contributed by atoms with Crippen LogP contribution >= 0.6 is 11.6 Å². The number of hydrogen-bond donors (Lipinski definition) is 1. The van der Waals surface area contributed by atoms with Crippen molar-refractivity contribution in [3.05, 3.63) is 22.8 Å². The lowest BCUT2D eigenvalue weighted by Gasteiger charge is -2.42. The molecule has 1 fully saturated rings. The third kappa shape index (κ3) is 2.24. The molecule has 1 unspecified atom stereocenters. The quantitative estimate of drug-likeness (QED) is 0.900. The van der Waals surface area contributed by atoms with Gasteiger partial charge in [0.05, 0.1) is 5.56 Å². The van der Waals surface area contributed by atoms with Crippen LogP contribution in [0.5, 0.6) is 0 Å². The third-order valence-electron chi connectivity index (χ3n) is 3.60. The Kier molecular flexibility index (Phi) is 3.63. The number of anilines is 1. The fourth-order valence-electron chi connectivity index (χ4n) is 2.39. The Balaban J connectivity index is 2.50. The summed E-state index contributed by atoms with van der Waals surface area (Å²) >= 11 is 6.15. The molecule has 2 rings (SSSR count). The van der Waals surface area contributed by atoms with Gasteiger partial charge in [-0.15, -0.1) is 0 Å². The van der Waals surface area contributed by atoms with Gasteiger partial charge in [-0.3, -0.25) is 0 Å². The minimum Gasteiger partial charge on any atom is -0.480 e. The van der Waals surface area contributed by atoms with Gasteiger partial charge in [0.15, 0.2) is 0 Å². The highest BCUT2D eigenvalue weighted by atomic mass is 35.5. The molecular formula is C13H14ClN3O2. The predicted molar refractivity (Wildman–Crippen MR) is 71.2 cm³/mol. The van der Waals surface area contributed by atoms with Crippen LogP contribution in [0.1, 0.15) is 31.7 Å². The highest BCUT2D eigenvalue weighted by Gasteiger charge is 2.42. The number of aliphatic carboxylic acids is 1. The minimum atomic E-state index is -1.02. The van der Waals surface area contributed by atoms with Crippen molar-refractivity contribution < 1.29 is 9.90 Å². The molecule has 0 amide bonds. The standard InChI is InChI=1S/C13H14ClN3O2/c1-13(12(18)19)5-2-3-7-17(13)11-10(14)9(8-15)4-6-16-11/h4,6H,2-3,5,7H2,1H3,(H,18,19). The van der Waals surface area contributed by atoms with Crippen molar-refractivity contribution in [3.8, 4) is 6.07 Å². The molecule has 1 aromatic rings. The van der Waals surface area contributed by atoms with Crippen LogP contribution in [-0.4, -0.2) is 28.1 Å². The number of nitriles is 1. The van der Waals surface area contributed by atoms with E-state index in [1.807, 2.05) is 6.07 Å². The van der Waals surface area contributed by atoms with Gasteiger partial charge in [0.2, 0.25) is 0 Å². The maximum absolute atomic E-state index is 11.5. The zero-order chi connectivity index (χ0) is 14.0. The summed E-state index contributed by atoms with van der Waals surface area (Å²) in [5.74, 6) is -0.516. The van der Waals surface area contributed by atoms with Crippen LogP contribution in [-0.2, 0) is 4.79 Å². The average molecular weight is 280 g/mol. The van der Waals surface area contributed by atoms with Gasteiger partial charge in [-0.2, -0.15) is 5.26 Å². The fourth-order valence-corrected chi connectivity index (χ4v) is 2.65. The lowest BCUT2D eigenvalue weighted by atomic mass is 9.88. The number of halogens is 1. The molecule has 1 N–H and O–H groups in total. The highest BCUT2D eigenvalue weighted by Crippen LogP contribution is 2.36. The average Bonchev–Trinajstić information content (AvgIpc) is 2.40. The van der Waals surface area contributed by atoms with Crippen molar-refractivity contribution in [2.45, 2.75) is 31.7 Å². The normalized spacial score (nSPS) is 22.9. The molecule has 1 aromatic heterocycles. The Bertz CT molecular complexity index is 555. The van der Waals surface area contributed by atoms with Crippen molar-refractivity contribution in [1.29, 1.82) is 5.26 Å². The summed E-state index contributed by atoms with van der Waals surface area (Å²) in [5.41, 5.74) is -0.715. The molecule has 0 aromatic carbocycles. The maximum Gasteiger partial charge on any atom is 0.329 e. The van der Waals surface area contributed by atoms with Crippen molar-refractivity contribution in [3.63, 3.8) is 0 Å². The molecule has 1 saturated heterocycles. The van der Waals surface area contributed by atoms with Crippen molar-refractivity contribution in [1.82, 2.24) is 4.98 Å². The summed E-state index contributed by atoms with van der Waals surface area (Å²) in [6.45, 7) is 2.25. The van der Waals surface area contributed by atoms with Crippen LogP contribution in [0.2, 0.25) is 5.02 Å². The van der Waals surface area contributed by atoms with Crippen LogP contribution in [0.4, 0.5) is 5.82 Å². The van der Waals surface area contributed by atoms with E-state index in [4.69, 9.17) is 16.9 Å². The van der Waals surface area contributed by atoms with E-state index < -0.39 is 11.5 Å². The maximum atomic E-state index is 11.5. The van der Waals surface area contributed by atoms with Gasteiger partial charge in [0, 0.05) is 12.7 Å². The van der Waals surface area contributed by atoms with E-state index in [0.29, 0.717) is 24.3 Å². The van der Waals surface area contributed by atoms with E-state index in [0.717, 1.165) is 12.8 Å². The van der Waals surface area contributed by atoms with Crippen molar-refractivity contribution >= 4 is 23.4 Å². The molecule has 1 atom stereocenters. The lowest BCUT2D eigenvalue weighted by molar-refractivity contribution is -0.143. The van der Waals surface area contributed by atoms with Gasteiger partial charge in [0.25, 0.3) is 0 Å². The van der Waals surface area contributed by atoms with Crippen LogP contribution in [0.15, 0.2) is 12.3 Å². The Hall–Kier alpha value is -1.80. The molecule has 100 valence electrons. The fraction of sp³-hybridized carbons (Fsp3) is 0.462. The number of carboxylic acids is 1. The monoisotopic (exact) mass is 279 g/mol. The molecule has 1 aliphatic heterocycles.